The van der Waals surface area contributed by atoms with Crippen LogP contribution in [-0.4, -0.2) is 19.6 Å². The van der Waals surface area contributed by atoms with Crippen LogP contribution in [0.5, 0.6) is 0 Å². The van der Waals surface area contributed by atoms with Crippen LogP contribution in [0.1, 0.15) is 48.8 Å². The molecule has 1 saturated heterocycles. The summed E-state index contributed by atoms with van der Waals surface area (Å²) >= 11 is 5.86. The highest BCUT2D eigenvalue weighted by molar-refractivity contribution is 7.80. The maximum absolute atomic E-state index is 5.86. The molecule has 1 fully saturated rings. The lowest BCUT2D eigenvalue weighted by Crippen LogP contribution is -2.30. The van der Waals surface area contributed by atoms with Gasteiger partial charge in [0, 0.05) is 30.0 Å². The first-order chi connectivity index (χ1) is 15.6. The SMILES string of the molecule is CC(C)c1ccc(N2C(=S)N[C@H](c3ccccn3)[C@@H]2c2cccn2-c2cccnc2)cc1. The predicted octanol–water partition coefficient (Wildman–Crippen LogP) is 5.57. The van der Waals surface area contributed by atoms with E-state index in [2.05, 4.69) is 93.3 Å². The summed E-state index contributed by atoms with van der Waals surface area (Å²) < 4.78 is 2.18. The number of anilines is 1. The molecule has 1 aliphatic heterocycles. The van der Waals surface area contributed by atoms with E-state index in [0.717, 1.165) is 22.8 Å². The summed E-state index contributed by atoms with van der Waals surface area (Å²) in [4.78, 5) is 11.2. The highest BCUT2D eigenvalue weighted by Crippen LogP contribution is 2.42. The van der Waals surface area contributed by atoms with Crippen molar-refractivity contribution in [1.29, 1.82) is 0 Å². The highest BCUT2D eigenvalue weighted by Gasteiger charge is 2.42. The smallest absolute Gasteiger partial charge is 0.174 e. The Morgan fingerprint density at radius 2 is 1.75 bits per heavy atom. The normalized spacial score (nSPS) is 18.2. The molecule has 32 heavy (non-hydrogen) atoms. The Morgan fingerprint density at radius 3 is 2.44 bits per heavy atom. The van der Waals surface area contributed by atoms with Crippen LogP contribution in [0.25, 0.3) is 5.69 Å². The quantitative estimate of drug-likeness (QED) is 0.412. The van der Waals surface area contributed by atoms with Crippen molar-refractivity contribution in [2.24, 2.45) is 0 Å². The Morgan fingerprint density at radius 1 is 0.906 bits per heavy atom. The lowest BCUT2D eigenvalue weighted by Gasteiger charge is -2.29. The fraction of sp³-hybridized carbons (Fsp3) is 0.192. The van der Waals surface area contributed by atoms with Gasteiger partial charge in [-0.2, -0.15) is 0 Å². The molecule has 160 valence electrons. The maximum Gasteiger partial charge on any atom is 0.174 e. The van der Waals surface area contributed by atoms with Gasteiger partial charge in [0.05, 0.1) is 23.6 Å². The van der Waals surface area contributed by atoms with Gasteiger partial charge in [-0.15, -0.1) is 0 Å². The third-order valence-corrected chi connectivity index (χ3v) is 6.26. The second kappa shape index (κ2) is 8.55. The summed E-state index contributed by atoms with van der Waals surface area (Å²) in [5, 5.41) is 4.24. The molecule has 6 heteroatoms. The Hall–Kier alpha value is -3.51. The van der Waals surface area contributed by atoms with Gasteiger partial charge in [0.1, 0.15) is 6.04 Å². The number of thiocarbonyl (C=S) groups is 1. The van der Waals surface area contributed by atoms with Crippen LogP contribution in [0.15, 0.2) is 91.5 Å². The molecule has 1 aromatic carbocycles. The molecule has 0 amide bonds. The summed E-state index contributed by atoms with van der Waals surface area (Å²) in [7, 11) is 0. The number of nitrogens with one attached hydrogen (secondary N) is 1. The summed E-state index contributed by atoms with van der Waals surface area (Å²) in [5.41, 5.74) is 5.46. The Labute approximate surface area is 193 Å². The molecule has 0 spiro atoms. The van der Waals surface area contributed by atoms with E-state index in [0.29, 0.717) is 11.0 Å². The third-order valence-electron chi connectivity index (χ3n) is 5.94. The van der Waals surface area contributed by atoms with E-state index in [9.17, 15) is 0 Å². The van der Waals surface area contributed by atoms with Gasteiger partial charge in [0.15, 0.2) is 5.11 Å². The predicted molar refractivity (Wildman–Crippen MR) is 132 cm³/mol. The fourth-order valence-corrected chi connectivity index (χ4v) is 4.67. The molecule has 0 unspecified atom stereocenters. The molecule has 0 aliphatic carbocycles. The minimum Gasteiger partial charge on any atom is -0.351 e. The standard InChI is InChI=1S/C26H25N5S/c1-18(2)19-10-12-20(13-11-19)31-25(24(29-26(31)32)22-8-3-4-15-28-22)23-9-6-16-30(23)21-7-5-14-27-17-21/h3-18,24-25H,1-2H3,(H,29,32)/t24-,25+/m1/s1. The van der Waals surface area contributed by atoms with Crippen LogP contribution in [0.3, 0.4) is 0 Å². The second-order valence-electron chi connectivity index (χ2n) is 8.26. The van der Waals surface area contributed by atoms with E-state index < -0.39 is 0 Å². The molecule has 0 bridgehead atoms. The van der Waals surface area contributed by atoms with Crippen molar-refractivity contribution >= 4 is 23.0 Å². The first-order valence-corrected chi connectivity index (χ1v) is 11.2. The van der Waals surface area contributed by atoms with Crippen LogP contribution in [-0.2, 0) is 0 Å². The summed E-state index contributed by atoms with van der Waals surface area (Å²) in [6, 6.07) is 22.8. The van der Waals surface area contributed by atoms with Crippen molar-refractivity contribution in [2.45, 2.75) is 31.8 Å². The average Bonchev–Trinajstić information content (AvgIpc) is 3.44. The molecule has 2 atom stereocenters. The molecule has 5 rings (SSSR count). The zero-order valence-electron chi connectivity index (χ0n) is 18.1. The molecule has 3 aromatic heterocycles. The molecule has 4 heterocycles. The topological polar surface area (TPSA) is 46.0 Å². The third kappa shape index (κ3) is 3.67. The molecule has 0 saturated carbocycles. The number of aromatic nitrogens is 3. The fourth-order valence-electron chi connectivity index (χ4n) is 4.32. The summed E-state index contributed by atoms with van der Waals surface area (Å²) in [6.45, 7) is 4.41. The van der Waals surface area contributed by atoms with Gasteiger partial charge in [0.25, 0.3) is 0 Å². The largest absolute Gasteiger partial charge is 0.351 e. The van der Waals surface area contributed by atoms with Gasteiger partial charge in [-0.3, -0.25) is 9.97 Å². The molecule has 4 aromatic rings. The van der Waals surface area contributed by atoms with Crippen LogP contribution in [0, 0.1) is 0 Å². The molecular weight excluding hydrogens is 414 g/mol. The van der Waals surface area contributed by atoms with Crippen LogP contribution in [0.2, 0.25) is 0 Å². The van der Waals surface area contributed by atoms with Crippen molar-refractivity contribution < 1.29 is 0 Å². The van der Waals surface area contributed by atoms with Crippen molar-refractivity contribution in [3.63, 3.8) is 0 Å². The number of hydrogen-bond donors (Lipinski definition) is 1. The zero-order valence-corrected chi connectivity index (χ0v) is 18.9. The molecule has 5 nitrogen and oxygen atoms in total. The van der Waals surface area contributed by atoms with Gasteiger partial charge in [-0.05, 0) is 72.2 Å². The molecular formula is C26H25N5S. The molecule has 1 N–H and O–H groups in total. The van der Waals surface area contributed by atoms with Crippen LogP contribution in [0.4, 0.5) is 5.69 Å². The number of nitrogens with zero attached hydrogens (tertiary/aromatic N) is 4. The van der Waals surface area contributed by atoms with E-state index in [1.165, 1.54) is 5.56 Å². The van der Waals surface area contributed by atoms with Crippen molar-refractivity contribution in [2.75, 3.05) is 4.90 Å². The number of pyridine rings is 2. The first-order valence-electron chi connectivity index (χ1n) is 10.8. The van der Waals surface area contributed by atoms with Crippen LogP contribution >= 0.6 is 12.2 Å². The van der Waals surface area contributed by atoms with Crippen molar-refractivity contribution in [3.8, 4) is 5.69 Å². The lowest BCUT2D eigenvalue weighted by molar-refractivity contribution is 0.549. The number of rotatable bonds is 5. The van der Waals surface area contributed by atoms with Gasteiger partial charge < -0.3 is 14.8 Å². The van der Waals surface area contributed by atoms with E-state index in [1.54, 1.807) is 6.20 Å². The number of hydrogen-bond acceptors (Lipinski definition) is 3. The van der Waals surface area contributed by atoms with Gasteiger partial charge in [-0.1, -0.05) is 32.0 Å². The minimum atomic E-state index is -0.0844. The van der Waals surface area contributed by atoms with E-state index in [-0.39, 0.29) is 12.1 Å². The minimum absolute atomic E-state index is 0.0718. The van der Waals surface area contributed by atoms with E-state index >= 15 is 0 Å². The Kier molecular flexibility index (Phi) is 5.45. The average molecular weight is 440 g/mol. The van der Waals surface area contributed by atoms with E-state index in [4.69, 9.17) is 12.2 Å². The highest BCUT2D eigenvalue weighted by atomic mass is 32.1. The summed E-state index contributed by atoms with van der Waals surface area (Å²) in [6.07, 6.45) is 7.57. The van der Waals surface area contributed by atoms with Gasteiger partial charge in [-0.25, -0.2) is 0 Å². The van der Waals surface area contributed by atoms with Crippen molar-refractivity contribution in [3.05, 3.63) is 108 Å². The second-order valence-corrected chi connectivity index (χ2v) is 8.64. The van der Waals surface area contributed by atoms with E-state index in [1.807, 2.05) is 30.6 Å². The lowest BCUT2D eigenvalue weighted by atomic mass is 9.99. The van der Waals surface area contributed by atoms with Gasteiger partial charge in [0.2, 0.25) is 0 Å². The van der Waals surface area contributed by atoms with Crippen molar-refractivity contribution in [1.82, 2.24) is 19.9 Å². The van der Waals surface area contributed by atoms with Gasteiger partial charge >= 0.3 is 0 Å². The monoisotopic (exact) mass is 439 g/mol. The summed E-state index contributed by atoms with van der Waals surface area (Å²) in [5.74, 6) is 0.479. The Bertz CT molecular complexity index is 1200. The Balaban J connectivity index is 1.64. The maximum atomic E-state index is 5.86. The van der Waals surface area contributed by atoms with Crippen LogP contribution < -0.4 is 10.2 Å². The zero-order chi connectivity index (χ0) is 22.1. The number of benzene rings is 1. The molecule has 0 radical (unpaired) electrons. The molecule has 1 aliphatic rings. The first kappa shape index (κ1) is 20.4.